The number of carbonyl (C=O) groups is 1. The summed E-state index contributed by atoms with van der Waals surface area (Å²) in [5.74, 6) is 0.684. The Balaban J connectivity index is 2.15. The molecule has 0 atom stereocenters. The summed E-state index contributed by atoms with van der Waals surface area (Å²) in [6.07, 6.45) is 1.87. The van der Waals surface area contributed by atoms with E-state index in [1.807, 2.05) is 0 Å². The third-order valence-electron chi connectivity index (χ3n) is 3.46. The van der Waals surface area contributed by atoms with Crippen LogP contribution in [0.5, 0.6) is 0 Å². The molecule has 0 saturated heterocycles. The van der Waals surface area contributed by atoms with Crippen LogP contribution in [0.15, 0.2) is 18.2 Å². The van der Waals surface area contributed by atoms with Gasteiger partial charge in [-0.2, -0.15) is 0 Å². The highest BCUT2D eigenvalue weighted by Gasteiger charge is 2.43. The number of carbonyl (C=O) groups excluding carboxylic acids is 1. The number of rotatable bonds is 1. The standard InChI is InChI=1S/C11H9NO3/c13-11-7-3-6(4-7)9-2-1-8(12(14)15)5-10(9)11/h1-2,5-7H,3-4H2. The second-order valence-electron chi connectivity index (χ2n) is 4.26. The third kappa shape index (κ3) is 1.04. The highest BCUT2D eigenvalue weighted by atomic mass is 16.6. The van der Waals surface area contributed by atoms with E-state index in [9.17, 15) is 14.9 Å². The summed E-state index contributed by atoms with van der Waals surface area (Å²) >= 11 is 0. The molecule has 76 valence electrons. The van der Waals surface area contributed by atoms with E-state index in [-0.39, 0.29) is 17.4 Å². The largest absolute Gasteiger partial charge is 0.294 e. The molecule has 2 bridgehead atoms. The lowest BCUT2D eigenvalue weighted by molar-refractivity contribution is -0.384. The van der Waals surface area contributed by atoms with Gasteiger partial charge in [-0.3, -0.25) is 14.9 Å². The van der Waals surface area contributed by atoms with Gasteiger partial charge in [-0.1, -0.05) is 6.07 Å². The van der Waals surface area contributed by atoms with Gasteiger partial charge in [-0.15, -0.1) is 0 Å². The first kappa shape index (κ1) is 8.59. The molecule has 15 heavy (non-hydrogen) atoms. The summed E-state index contributed by atoms with van der Waals surface area (Å²) in [6.45, 7) is 0. The number of Topliss-reactive ketones (excluding diaryl/α,β-unsaturated/α-hetero) is 1. The van der Waals surface area contributed by atoms with Crippen molar-refractivity contribution in [1.29, 1.82) is 0 Å². The topological polar surface area (TPSA) is 60.2 Å². The van der Waals surface area contributed by atoms with Crippen LogP contribution in [0.25, 0.3) is 0 Å². The molecular formula is C11H9NO3. The molecule has 3 aliphatic carbocycles. The minimum Gasteiger partial charge on any atom is -0.294 e. The number of nitro benzene ring substituents is 1. The molecule has 4 rings (SSSR count). The van der Waals surface area contributed by atoms with E-state index in [0.29, 0.717) is 11.5 Å². The molecule has 0 aromatic heterocycles. The number of nitro groups is 1. The second-order valence-corrected chi connectivity index (χ2v) is 4.26. The van der Waals surface area contributed by atoms with Crippen LogP contribution in [0.2, 0.25) is 0 Å². The maximum absolute atomic E-state index is 11.8. The van der Waals surface area contributed by atoms with Gasteiger partial charge in [0.2, 0.25) is 0 Å². The molecule has 4 heteroatoms. The van der Waals surface area contributed by atoms with E-state index in [1.54, 1.807) is 6.07 Å². The Bertz CT molecular complexity index is 475. The average molecular weight is 203 g/mol. The third-order valence-corrected chi connectivity index (χ3v) is 3.46. The first-order valence-corrected chi connectivity index (χ1v) is 4.99. The molecule has 0 radical (unpaired) electrons. The van der Waals surface area contributed by atoms with Gasteiger partial charge in [0, 0.05) is 23.6 Å². The quantitative estimate of drug-likeness (QED) is 0.519. The summed E-state index contributed by atoms with van der Waals surface area (Å²) in [5.41, 5.74) is 1.60. The van der Waals surface area contributed by atoms with Crippen LogP contribution >= 0.6 is 0 Å². The Hall–Kier alpha value is -1.71. The number of nitrogens with zero attached hydrogens (tertiary/aromatic N) is 1. The highest BCUT2D eigenvalue weighted by Crippen LogP contribution is 2.49. The number of non-ortho nitro benzene ring substituents is 1. The maximum Gasteiger partial charge on any atom is 0.270 e. The summed E-state index contributed by atoms with van der Waals surface area (Å²) < 4.78 is 0. The Morgan fingerprint density at radius 1 is 1.27 bits per heavy atom. The highest BCUT2D eigenvalue weighted by molar-refractivity contribution is 6.02. The SMILES string of the molecule is O=C1c2cc([N+](=O)[O-])ccc2C2CC1C2. The van der Waals surface area contributed by atoms with Crippen LogP contribution in [0.3, 0.4) is 0 Å². The van der Waals surface area contributed by atoms with Crippen LogP contribution in [-0.2, 0) is 0 Å². The second kappa shape index (κ2) is 2.66. The first-order valence-electron chi connectivity index (χ1n) is 4.99. The monoisotopic (exact) mass is 203 g/mol. The Labute approximate surface area is 86.1 Å². The van der Waals surface area contributed by atoms with Crippen LogP contribution < -0.4 is 0 Å². The zero-order chi connectivity index (χ0) is 10.6. The molecule has 3 aliphatic rings. The van der Waals surface area contributed by atoms with Crippen LogP contribution in [-0.4, -0.2) is 10.7 Å². The van der Waals surface area contributed by atoms with Gasteiger partial charge in [0.05, 0.1) is 4.92 Å². The lowest BCUT2D eigenvalue weighted by Gasteiger charge is -2.40. The lowest BCUT2D eigenvalue weighted by Crippen LogP contribution is -2.36. The van der Waals surface area contributed by atoms with Crippen molar-refractivity contribution in [2.24, 2.45) is 5.92 Å². The van der Waals surface area contributed by atoms with E-state index in [1.165, 1.54) is 12.1 Å². The normalized spacial score (nSPS) is 26.8. The summed E-state index contributed by atoms with van der Waals surface area (Å²) in [4.78, 5) is 21.9. The van der Waals surface area contributed by atoms with Crippen LogP contribution in [0.4, 0.5) is 5.69 Å². The smallest absolute Gasteiger partial charge is 0.270 e. The van der Waals surface area contributed by atoms with Crippen LogP contribution in [0.1, 0.15) is 34.7 Å². The summed E-state index contributed by atoms with van der Waals surface area (Å²) in [6, 6.07) is 4.66. The fourth-order valence-electron chi connectivity index (χ4n) is 2.53. The van der Waals surface area contributed by atoms with Crippen molar-refractivity contribution in [1.82, 2.24) is 0 Å². The molecule has 0 unspecified atom stereocenters. The first-order chi connectivity index (χ1) is 7.16. The van der Waals surface area contributed by atoms with Crippen molar-refractivity contribution < 1.29 is 9.72 Å². The molecule has 1 aromatic rings. The lowest BCUT2D eigenvalue weighted by atomic mass is 9.62. The van der Waals surface area contributed by atoms with Crippen molar-refractivity contribution >= 4 is 11.5 Å². The van der Waals surface area contributed by atoms with Crippen molar-refractivity contribution in [3.8, 4) is 0 Å². The minimum atomic E-state index is -0.451. The Kier molecular flexibility index (Phi) is 1.52. The molecule has 0 spiro atoms. The molecule has 0 aliphatic heterocycles. The molecule has 1 saturated carbocycles. The van der Waals surface area contributed by atoms with Crippen molar-refractivity contribution in [3.05, 3.63) is 39.4 Å². The molecule has 1 aromatic carbocycles. The van der Waals surface area contributed by atoms with Gasteiger partial charge in [0.15, 0.2) is 5.78 Å². The number of hydrogen-bond donors (Lipinski definition) is 0. The minimum absolute atomic E-state index is 0.0170. The average Bonchev–Trinajstić information content (AvgIpc) is 2.15. The Morgan fingerprint density at radius 2 is 2.00 bits per heavy atom. The number of hydrogen-bond acceptors (Lipinski definition) is 3. The van der Waals surface area contributed by atoms with Crippen LogP contribution in [0, 0.1) is 16.0 Å². The molecule has 0 N–H and O–H groups in total. The van der Waals surface area contributed by atoms with E-state index >= 15 is 0 Å². The summed E-state index contributed by atoms with van der Waals surface area (Å²) in [5, 5.41) is 10.6. The molecule has 4 nitrogen and oxygen atoms in total. The van der Waals surface area contributed by atoms with E-state index in [4.69, 9.17) is 0 Å². The van der Waals surface area contributed by atoms with Crippen molar-refractivity contribution in [2.45, 2.75) is 18.8 Å². The molecule has 0 heterocycles. The van der Waals surface area contributed by atoms with Gasteiger partial charge in [-0.05, 0) is 24.3 Å². The summed E-state index contributed by atoms with van der Waals surface area (Å²) in [7, 11) is 0. The van der Waals surface area contributed by atoms with Gasteiger partial charge in [0.1, 0.15) is 0 Å². The zero-order valence-corrected chi connectivity index (χ0v) is 7.97. The molecule has 0 amide bonds. The van der Waals surface area contributed by atoms with E-state index < -0.39 is 4.92 Å². The maximum atomic E-state index is 11.8. The zero-order valence-electron chi connectivity index (χ0n) is 7.97. The molecular weight excluding hydrogens is 194 g/mol. The molecule has 1 fully saturated rings. The number of benzene rings is 1. The fourth-order valence-corrected chi connectivity index (χ4v) is 2.53. The van der Waals surface area contributed by atoms with E-state index in [2.05, 4.69) is 0 Å². The number of ketones is 1. The van der Waals surface area contributed by atoms with E-state index in [0.717, 1.165) is 18.4 Å². The Morgan fingerprint density at radius 3 is 2.67 bits per heavy atom. The van der Waals surface area contributed by atoms with Gasteiger partial charge in [-0.25, -0.2) is 0 Å². The fraction of sp³-hybridized carbons (Fsp3) is 0.364. The van der Waals surface area contributed by atoms with Crippen molar-refractivity contribution in [2.75, 3.05) is 0 Å². The van der Waals surface area contributed by atoms with Gasteiger partial charge >= 0.3 is 0 Å². The predicted molar refractivity (Wildman–Crippen MR) is 52.9 cm³/mol. The van der Waals surface area contributed by atoms with Crippen molar-refractivity contribution in [3.63, 3.8) is 0 Å². The van der Waals surface area contributed by atoms with Gasteiger partial charge < -0.3 is 0 Å². The van der Waals surface area contributed by atoms with Gasteiger partial charge in [0.25, 0.3) is 5.69 Å². The predicted octanol–water partition coefficient (Wildman–Crippen LogP) is 2.28.